The van der Waals surface area contributed by atoms with Crippen molar-refractivity contribution in [1.29, 1.82) is 0 Å². The van der Waals surface area contributed by atoms with Crippen LogP contribution in [0.1, 0.15) is 33.1 Å². The van der Waals surface area contributed by atoms with Crippen molar-refractivity contribution in [3.63, 3.8) is 0 Å². The SMILES string of the molecule is CCCOCCC(=O)NC1CNCCC1C. The van der Waals surface area contributed by atoms with Gasteiger partial charge in [-0.25, -0.2) is 0 Å². The van der Waals surface area contributed by atoms with Gasteiger partial charge in [0.05, 0.1) is 6.61 Å². The molecule has 1 rings (SSSR count). The number of hydrogen-bond acceptors (Lipinski definition) is 3. The van der Waals surface area contributed by atoms with Crippen molar-refractivity contribution in [3.05, 3.63) is 0 Å². The summed E-state index contributed by atoms with van der Waals surface area (Å²) in [4.78, 5) is 11.6. The van der Waals surface area contributed by atoms with Gasteiger partial charge in [-0.2, -0.15) is 0 Å². The predicted octanol–water partition coefficient (Wildman–Crippen LogP) is 0.917. The van der Waals surface area contributed by atoms with Crippen LogP contribution in [0.15, 0.2) is 0 Å². The Bertz CT molecular complexity index is 209. The zero-order chi connectivity index (χ0) is 11.8. The summed E-state index contributed by atoms with van der Waals surface area (Å²) in [7, 11) is 0. The van der Waals surface area contributed by atoms with Gasteiger partial charge < -0.3 is 15.4 Å². The van der Waals surface area contributed by atoms with E-state index < -0.39 is 0 Å². The maximum absolute atomic E-state index is 11.6. The van der Waals surface area contributed by atoms with Gasteiger partial charge in [-0.15, -0.1) is 0 Å². The zero-order valence-corrected chi connectivity index (χ0v) is 10.4. The summed E-state index contributed by atoms with van der Waals surface area (Å²) in [5, 5.41) is 6.37. The van der Waals surface area contributed by atoms with E-state index >= 15 is 0 Å². The molecule has 1 aliphatic rings. The summed E-state index contributed by atoms with van der Waals surface area (Å²) < 4.78 is 5.29. The number of ether oxygens (including phenoxy) is 1. The van der Waals surface area contributed by atoms with E-state index in [9.17, 15) is 4.79 Å². The average molecular weight is 228 g/mol. The van der Waals surface area contributed by atoms with E-state index in [1.54, 1.807) is 0 Å². The summed E-state index contributed by atoms with van der Waals surface area (Å²) in [6, 6.07) is 0.285. The van der Waals surface area contributed by atoms with Crippen molar-refractivity contribution >= 4 is 5.91 Å². The standard InChI is InChI=1S/C12H24N2O2/c1-3-7-16-8-5-12(15)14-11-9-13-6-4-10(11)2/h10-11,13H,3-9H2,1-2H3,(H,14,15). The van der Waals surface area contributed by atoms with Crippen LogP contribution in [0.25, 0.3) is 0 Å². The molecular weight excluding hydrogens is 204 g/mol. The van der Waals surface area contributed by atoms with Gasteiger partial charge in [0.25, 0.3) is 0 Å². The van der Waals surface area contributed by atoms with Crippen LogP contribution in [-0.4, -0.2) is 38.3 Å². The van der Waals surface area contributed by atoms with Gasteiger partial charge in [-0.3, -0.25) is 4.79 Å². The molecule has 2 N–H and O–H groups in total. The van der Waals surface area contributed by atoms with Gasteiger partial charge in [0.1, 0.15) is 0 Å². The van der Waals surface area contributed by atoms with Gasteiger partial charge in [0.2, 0.25) is 5.91 Å². The Kier molecular flexibility index (Phi) is 6.42. The summed E-state index contributed by atoms with van der Waals surface area (Å²) >= 11 is 0. The molecule has 0 aliphatic carbocycles. The highest BCUT2D eigenvalue weighted by Gasteiger charge is 2.22. The van der Waals surface area contributed by atoms with E-state index in [2.05, 4.69) is 24.5 Å². The van der Waals surface area contributed by atoms with Crippen molar-refractivity contribution in [2.75, 3.05) is 26.3 Å². The molecule has 94 valence electrons. The number of piperidine rings is 1. The second-order valence-corrected chi connectivity index (χ2v) is 4.51. The highest BCUT2D eigenvalue weighted by atomic mass is 16.5. The molecule has 0 saturated carbocycles. The van der Waals surface area contributed by atoms with Gasteiger partial charge in [-0.05, 0) is 25.3 Å². The van der Waals surface area contributed by atoms with Gasteiger partial charge >= 0.3 is 0 Å². The first-order valence-corrected chi connectivity index (χ1v) is 6.32. The second-order valence-electron chi connectivity index (χ2n) is 4.51. The molecule has 2 atom stereocenters. The van der Waals surface area contributed by atoms with Crippen molar-refractivity contribution in [2.45, 2.75) is 39.2 Å². The molecule has 1 heterocycles. The Balaban J connectivity index is 2.12. The fraction of sp³-hybridized carbons (Fsp3) is 0.917. The van der Waals surface area contributed by atoms with Crippen molar-refractivity contribution < 1.29 is 9.53 Å². The van der Waals surface area contributed by atoms with Gasteiger partial charge in [-0.1, -0.05) is 13.8 Å². The number of carbonyl (C=O) groups is 1. The highest BCUT2D eigenvalue weighted by Crippen LogP contribution is 2.11. The largest absolute Gasteiger partial charge is 0.381 e. The molecule has 1 aliphatic heterocycles. The Labute approximate surface area is 98.1 Å². The van der Waals surface area contributed by atoms with Crippen LogP contribution in [-0.2, 0) is 9.53 Å². The minimum Gasteiger partial charge on any atom is -0.381 e. The van der Waals surface area contributed by atoms with E-state index in [1.807, 2.05) is 0 Å². The van der Waals surface area contributed by atoms with Crippen LogP contribution in [0.2, 0.25) is 0 Å². The lowest BCUT2D eigenvalue weighted by Gasteiger charge is -2.30. The predicted molar refractivity (Wildman–Crippen MR) is 64.3 cm³/mol. The van der Waals surface area contributed by atoms with Crippen LogP contribution in [0.3, 0.4) is 0 Å². The lowest BCUT2D eigenvalue weighted by Crippen LogP contribution is -2.50. The normalized spacial score (nSPS) is 25.4. The molecule has 16 heavy (non-hydrogen) atoms. The van der Waals surface area contributed by atoms with Crippen molar-refractivity contribution in [2.24, 2.45) is 5.92 Å². The molecule has 0 aromatic rings. The highest BCUT2D eigenvalue weighted by molar-refractivity contribution is 5.76. The lowest BCUT2D eigenvalue weighted by atomic mass is 9.95. The van der Waals surface area contributed by atoms with E-state index in [0.29, 0.717) is 18.9 Å². The summed E-state index contributed by atoms with van der Waals surface area (Å²) in [6.07, 6.45) is 2.62. The molecule has 0 aromatic carbocycles. The molecule has 0 bridgehead atoms. The average Bonchev–Trinajstić information content (AvgIpc) is 2.28. The first-order valence-electron chi connectivity index (χ1n) is 6.32. The third-order valence-electron chi connectivity index (χ3n) is 3.00. The van der Waals surface area contributed by atoms with E-state index in [4.69, 9.17) is 4.74 Å². The molecular formula is C12H24N2O2. The molecule has 0 aromatic heterocycles. The topological polar surface area (TPSA) is 50.4 Å². The molecule has 4 nitrogen and oxygen atoms in total. The number of amides is 1. The first kappa shape index (κ1) is 13.5. The molecule has 0 spiro atoms. The third-order valence-corrected chi connectivity index (χ3v) is 3.00. The lowest BCUT2D eigenvalue weighted by molar-refractivity contribution is -0.123. The number of hydrogen-bond donors (Lipinski definition) is 2. The monoisotopic (exact) mass is 228 g/mol. The van der Waals surface area contributed by atoms with Crippen LogP contribution in [0.5, 0.6) is 0 Å². The Morgan fingerprint density at radius 1 is 1.50 bits per heavy atom. The maximum Gasteiger partial charge on any atom is 0.222 e. The van der Waals surface area contributed by atoms with Crippen LogP contribution in [0.4, 0.5) is 0 Å². The molecule has 2 unspecified atom stereocenters. The first-order chi connectivity index (χ1) is 7.74. The Hall–Kier alpha value is -0.610. The summed E-state index contributed by atoms with van der Waals surface area (Å²) in [5.41, 5.74) is 0. The van der Waals surface area contributed by atoms with E-state index in [1.165, 1.54) is 0 Å². The maximum atomic E-state index is 11.6. The fourth-order valence-electron chi connectivity index (χ4n) is 1.87. The fourth-order valence-corrected chi connectivity index (χ4v) is 1.87. The third kappa shape index (κ3) is 4.94. The van der Waals surface area contributed by atoms with Gasteiger partial charge in [0, 0.05) is 25.6 Å². The minimum atomic E-state index is 0.108. The van der Waals surface area contributed by atoms with Crippen molar-refractivity contribution in [1.82, 2.24) is 10.6 Å². The Morgan fingerprint density at radius 3 is 3.00 bits per heavy atom. The van der Waals surface area contributed by atoms with E-state index in [-0.39, 0.29) is 11.9 Å². The number of rotatable bonds is 6. The summed E-state index contributed by atoms with van der Waals surface area (Å²) in [5.74, 6) is 0.679. The molecule has 1 saturated heterocycles. The second kappa shape index (κ2) is 7.63. The minimum absolute atomic E-state index is 0.108. The van der Waals surface area contributed by atoms with Crippen LogP contribution in [0, 0.1) is 5.92 Å². The number of nitrogens with one attached hydrogen (secondary N) is 2. The number of carbonyl (C=O) groups excluding carboxylic acids is 1. The summed E-state index contributed by atoms with van der Waals surface area (Å²) in [6.45, 7) is 7.49. The smallest absolute Gasteiger partial charge is 0.222 e. The zero-order valence-electron chi connectivity index (χ0n) is 10.4. The molecule has 1 amide bonds. The van der Waals surface area contributed by atoms with E-state index in [0.717, 1.165) is 32.5 Å². The van der Waals surface area contributed by atoms with Gasteiger partial charge in [0.15, 0.2) is 0 Å². The van der Waals surface area contributed by atoms with Crippen LogP contribution >= 0.6 is 0 Å². The molecule has 4 heteroatoms. The Morgan fingerprint density at radius 2 is 2.31 bits per heavy atom. The molecule has 0 radical (unpaired) electrons. The molecule has 1 fully saturated rings. The van der Waals surface area contributed by atoms with Crippen LogP contribution < -0.4 is 10.6 Å². The quantitative estimate of drug-likeness (QED) is 0.665. The van der Waals surface area contributed by atoms with Crippen molar-refractivity contribution in [3.8, 4) is 0 Å².